The molecule has 180 valence electrons. The number of oxazole rings is 1. The lowest BCUT2D eigenvalue weighted by molar-refractivity contribution is 0.0934. The molecule has 1 N–H and O–H groups in total. The van der Waals surface area contributed by atoms with Gasteiger partial charge in [0.2, 0.25) is 5.89 Å². The fourth-order valence-electron chi connectivity index (χ4n) is 4.05. The number of carbonyl (C=O) groups excluding carboxylic acids is 1. The lowest BCUT2D eigenvalue weighted by atomic mass is 10.0. The smallest absolute Gasteiger partial charge is 0.273 e. The van der Waals surface area contributed by atoms with E-state index < -0.39 is 0 Å². The van der Waals surface area contributed by atoms with Crippen LogP contribution in [0.3, 0.4) is 0 Å². The minimum atomic E-state index is -0.282. The first-order valence-electron chi connectivity index (χ1n) is 11.7. The zero-order valence-electron chi connectivity index (χ0n) is 20.3. The number of hydrogen-bond acceptors (Lipinski definition) is 4. The molecule has 1 heterocycles. The Balaban J connectivity index is 1.48. The van der Waals surface area contributed by atoms with E-state index in [4.69, 9.17) is 4.42 Å². The van der Waals surface area contributed by atoms with Gasteiger partial charge in [-0.15, -0.1) is 0 Å². The maximum atomic E-state index is 13.4. The van der Waals surface area contributed by atoms with Crippen molar-refractivity contribution in [2.24, 2.45) is 0 Å². The predicted molar refractivity (Wildman–Crippen MR) is 134 cm³/mol. The van der Waals surface area contributed by atoms with Gasteiger partial charge >= 0.3 is 0 Å². The highest BCUT2D eigenvalue weighted by Crippen LogP contribution is 2.19. The van der Waals surface area contributed by atoms with Crippen LogP contribution < -0.4 is 5.32 Å². The highest BCUT2D eigenvalue weighted by molar-refractivity contribution is 5.92. The third kappa shape index (κ3) is 6.64. The number of aryl methyl sites for hydroxylation is 2. The Labute approximate surface area is 205 Å². The first kappa shape index (κ1) is 24.4. The molecule has 5 nitrogen and oxygen atoms in total. The van der Waals surface area contributed by atoms with Crippen molar-refractivity contribution >= 4 is 5.91 Å². The summed E-state index contributed by atoms with van der Waals surface area (Å²) in [6, 6.07) is 22.5. The molecule has 0 saturated heterocycles. The molecule has 0 aliphatic heterocycles. The van der Waals surface area contributed by atoms with Crippen molar-refractivity contribution in [3.8, 4) is 0 Å². The standard InChI is InChI=1S/C29H30FN3O2/c1-20-9-12-25(21(2)15-20)17-33(16-23-10-13-26(30)14-11-23)18-28-32-27(19-35-28)29(34)31-22(3)24-7-5-4-6-8-24/h4-15,19,22H,16-18H2,1-3H3,(H,31,34). The van der Waals surface area contributed by atoms with Gasteiger partial charge in [0.05, 0.1) is 12.6 Å². The highest BCUT2D eigenvalue weighted by atomic mass is 19.1. The molecule has 3 aromatic carbocycles. The van der Waals surface area contributed by atoms with E-state index in [2.05, 4.69) is 47.2 Å². The summed E-state index contributed by atoms with van der Waals surface area (Å²) in [6.07, 6.45) is 1.40. The van der Waals surface area contributed by atoms with Gasteiger partial charge in [-0.05, 0) is 55.2 Å². The second-order valence-electron chi connectivity index (χ2n) is 8.93. The Morgan fingerprint density at radius 1 is 1.00 bits per heavy atom. The van der Waals surface area contributed by atoms with Crippen LogP contribution in [0.2, 0.25) is 0 Å². The Morgan fingerprint density at radius 3 is 2.46 bits per heavy atom. The predicted octanol–water partition coefficient (Wildman–Crippen LogP) is 6.12. The molecule has 1 unspecified atom stereocenters. The van der Waals surface area contributed by atoms with Crippen LogP contribution >= 0.6 is 0 Å². The summed E-state index contributed by atoms with van der Waals surface area (Å²) in [7, 11) is 0. The molecule has 1 atom stereocenters. The van der Waals surface area contributed by atoms with Gasteiger partial charge in [-0.2, -0.15) is 0 Å². The van der Waals surface area contributed by atoms with Crippen molar-refractivity contribution < 1.29 is 13.6 Å². The van der Waals surface area contributed by atoms with Crippen LogP contribution in [0.5, 0.6) is 0 Å². The molecular formula is C29H30FN3O2. The maximum Gasteiger partial charge on any atom is 0.273 e. The molecule has 6 heteroatoms. The Hall–Kier alpha value is -3.77. The normalized spacial score (nSPS) is 12.0. The van der Waals surface area contributed by atoms with E-state index in [9.17, 15) is 9.18 Å². The van der Waals surface area contributed by atoms with Gasteiger partial charge in [0.25, 0.3) is 5.91 Å². The third-order valence-electron chi connectivity index (χ3n) is 6.00. The van der Waals surface area contributed by atoms with Crippen LogP contribution in [0.15, 0.2) is 83.5 Å². The SMILES string of the molecule is Cc1ccc(CN(Cc2ccc(F)cc2)Cc2nc(C(=O)NC(C)c3ccccc3)co2)c(C)c1. The van der Waals surface area contributed by atoms with Gasteiger partial charge in [-0.3, -0.25) is 9.69 Å². The van der Waals surface area contributed by atoms with E-state index in [-0.39, 0.29) is 23.5 Å². The molecule has 0 radical (unpaired) electrons. The fourth-order valence-corrected chi connectivity index (χ4v) is 4.05. The number of nitrogens with zero attached hydrogens (tertiary/aromatic N) is 2. The van der Waals surface area contributed by atoms with E-state index in [1.807, 2.05) is 37.3 Å². The summed E-state index contributed by atoms with van der Waals surface area (Å²) in [5, 5.41) is 2.97. The summed E-state index contributed by atoms with van der Waals surface area (Å²) < 4.78 is 19.1. The topological polar surface area (TPSA) is 58.4 Å². The van der Waals surface area contributed by atoms with Crippen LogP contribution in [0, 0.1) is 19.7 Å². The second kappa shape index (κ2) is 11.1. The monoisotopic (exact) mass is 471 g/mol. The Bertz CT molecular complexity index is 1270. The molecule has 1 amide bonds. The first-order valence-corrected chi connectivity index (χ1v) is 11.7. The van der Waals surface area contributed by atoms with Gasteiger partial charge in [0, 0.05) is 13.1 Å². The van der Waals surface area contributed by atoms with Crippen LogP contribution in [-0.4, -0.2) is 15.8 Å². The Morgan fingerprint density at radius 2 is 1.74 bits per heavy atom. The molecular weight excluding hydrogens is 441 g/mol. The van der Waals surface area contributed by atoms with E-state index in [0.29, 0.717) is 25.5 Å². The molecule has 1 aromatic heterocycles. The average molecular weight is 472 g/mol. The molecule has 0 aliphatic rings. The Kier molecular flexibility index (Phi) is 7.73. The van der Waals surface area contributed by atoms with E-state index >= 15 is 0 Å². The zero-order valence-corrected chi connectivity index (χ0v) is 20.3. The summed E-state index contributed by atoms with van der Waals surface area (Å²) >= 11 is 0. The van der Waals surface area contributed by atoms with Crippen molar-refractivity contribution in [3.63, 3.8) is 0 Å². The number of hydrogen-bond donors (Lipinski definition) is 1. The van der Waals surface area contributed by atoms with Gasteiger partial charge < -0.3 is 9.73 Å². The number of amides is 1. The summed E-state index contributed by atoms with van der Waals surface area (Å²) in [5.74, 6) is -0.0898. The van der Waals surface area contributed by atoms with Crippen LogP contribution in [0.4, 0.5) is 4.39 Å². The van der Waals surface area contributed by atoms with E-state index in [1.54, 1.807) is 12.1 Å². The molecule has 35 heavy (non-hydrogen) atoms. The quantitative estimate of drug-likeness (QED) is 0.319. The number of benzene rings is 3. The molecule has 0 fully saturated rings. The maximum absolute atomic E-state index is 13.4. The van der Waals surface area contributed by atoms with Crippen molar-refractivity contribution in [2.45, 2.75) is 46.4 Å². The number of carbonyl (C=O) groups is 1. The number of rotatable bonds is 9. The van der Waals surface area contributed by atoms with Crippen molar-refractivity contribution in [2.75, 3.05) is 0 Å². The van der Waals surface area contributed by atoms with Gasteiger partial charge in [-0.1, -0.05) is 66.2 Å². The minimum absolute atomic E-state index is 0.150. The third-order valence-corrected chi connectivity index (χ3v) is 6.00. The summed E-state index contributed by atoms with van der Waals surface area (Å²) in [4.78, 5) is 19.4. The van der Waals surface area contributed by atoms with Gasteiger partial charge in [0.15, 0.2) is 5.69 Å². The molecule has 0 bridgehead atoms. The number of aromatic nitrogens is 1. The van der Waals surface area contributed by atoms with E-state index in [1.165, 1.54) is 35.1 Å². The minimum Gasteiger partial charge on any atom is -0.447 e. The number of halogens is 1. The first-order chi connectivity index (χ1) is 16.9. The summed E-state index contributed by atoms with van der Waals surface area (Å²) in [6.45, 7) is 7.76. The van der Waals surface area contributed by atoms with Crippen molar-refractivity contribution in [1.29, 1.82) is 0 Å². The molecule has 4 rings (SSSR count). The van der Waals surface area contributed by atoms with Crippen LogP contribution in [0.1, 0.15) is 57.2 Å². The zero-order chi connectivity index (χ0) is 24.8. The molecule has 0 saturated carbocycles. The van der Waals surface area contributed by atoms with Crippen LogP contribution in [0.25, 0.3) is 0 Å². The average Bonchev–Trinajstić information content (AvgIpc) is 3.31. The largest absolute Gasteiger partial charge is 0.447 e. The van der Waals surface area contributed by atoms with Gasteiger partial charge in [0.1, 0.15) is 12.1 Å². The fraction of sp³-hybridized carbons (Fsp3) is 0.241. The lowest BCUT2D eigenvalue weighted by Gasteiger charge is -2.22. The van der Waals surface area contributed by atoms with Crippen molar-refractivity contribution in [1.82, 2.24) is 15.2 Å². The molecule has 4 aromatic rings. The molecule has 0 aliphatic carbocycles. The second-order valence-corrected chi connectivity index (χ2v) is 8.93. The lowest BCUT2D eigenvalue weighted by Crippen LogP contribution is -2.27. The van der Waals surface area contributed by atoms with Gasteiger partial charge in [-0.25, -0.2) is 9.37 Å². The van der Waals surface area contributed by atoms with Crippen molar-refractivity contribution in [3.05, 3.63) is 124 Å². The van der Waals surface area contributed by atoms with E-state index in [0.717, 1.165) is 11.1 Å². The summed E-state index contributed by atoms with van der Waals surface area (Å²) in [5.41, 5.74) is 5.86. The van der Waals surface area contributed by atoms with Crippen LogP contribution in [-0.2, 0) is 19.6 Å². The number of nitrogens with one attached hydrogen (secondary N) is 1. The highest BCUT2D eigenvalue weighted by Gasteiger charge is 2.18. The molecule has 0 spiro atoms.